The summed E-state index contributed by atoms with van der Waals surface area (Å²) in [5.41, 5.74) is 2.61. The van der Waals surface area contributed by atoms with E-state index in [-0.39, 0.29) is 24.8 Å². The fourth-order valence-corrected chi connectivity index (χ4v) is 4.78. The van der Waals surface area contributed by atoms with Crippen molar-refractivity contribution in [3.05, 3.63) is 105 Å². The van der Waals surface area contributed by atoms with Crippen LogP contribution in [0.25, 0.3) is 0 Å². The maximum atomic E-state index is 12.8. The van der Waals surface area contributed by atoms with Crippen molar-refractivity contribution in [1.29, 1.82) is 0 Å². The first-order valence-corrected chi connectivity index (χ1v) is 13.5. The molecular formula is C30H31IN2O7. The SMILES string of the molecule is COC(=O)c1ccc(C(NC(=O)OCc2ccccc2)/C(I)=C/[C@@H](C)C(=O)NCc2ccc(OC)c(O)c2)cc1. The van der Waals surface area contributed by atoms with Crippen molar-refractivity contribution in [3.8, 4) is 11.5 Å². The molecule has 3 N–H and O–H groups in total. The lowest BCUT2D eigenvalue weighted by molar-refractivity contribution is -0.123. The zero-order chi connectivity index (χ0) is 29.1. The van der Waals surface area contributed by atoms with E-state index in [0.29, 0.717) is 26.0 Å². The van der Waals surface area contributed by atoms with Gasteiger partial charge in [0.05, 0.1) is 31.7 Å². The minimum Gasteiger partial charge on any atom is -0.504 e. The van der Waals surface area contributed by atoms with Crippen LogP contribution in [-0.4, -0.2) is 37.3 Å². The first kappa shape index (κ1) is 30.5. The van der Waals surface area contributed by atoms with Crippen molar-refractivity contribution in [3.63, 3.8) is 0 Å². The van der Waals surface area contributed by atoms with Crippen molar-refractivity contribution in [2.75, 3.05) is 14.2 Å². The fraction of sp³-hybridized carbons (Fsp3) is 0.233. The highest BCUT2D eigenvalue weighted by Crippen LogP contribution is 2.29. The van der Waals surface area contributed by atoms with Gasteiger partial charge in [-0.1, -0.05) is 61.5 Å². The predicted molar refractivity (Wildman–Crippen MR) is 158 cm³/mol. The number of phenolic OH excluding ortho intramolecular Hbond substituents is 1. The van der Waals surface area contributed by atoms with E-state index >= 15 is 0 Å². The Bertz CT molecular complexity index is 1340. The van der Waals surface area contributed by atoms with Crippen LogP contribution in [-0.2, 0) is 27.4 Å². The molecule has 0 spiro atoms. The van der Waals surface area contributed by atoms with Gasteiger partial charge in [-0.15, -0.1) is 0 Å². The Balaban J connectivity index is 1.73. The van der Waals surface area contributed by atoms with Crippen LogP contribution in [0.1, 0.15) is 40.0 Å². The molecule has 1 unspecified atom stereocenters. The molecule has 3 aromatic rings. The quantitative estimate of drug-likeness (QED) is 0.186. The van der Waals surface area contributed by atoms with E-state index < -0.39 is 24.0 Å². The van der Waals surface area contributed by atoms with Gasteiger partial charge < -0.3 is 30.0 Å². The molecule has 0 saturated carbocycles. The third-order valence-corrected chi connectivity index (χ3v) is 6.93. The van der Waals surface area contributed by atoms with Crippen molar-refractivity contribution in [1.82, 2.24) is 10.6 Å². The minimum atomic E-state index is -0.635. The summed E-state index contributed by atoms with van der Waals surface area (Å²) in [7, 11) is 2.77. The lowest BCUT2D eigenvalue weighted by Crippen LogP contribution is -2.31. The standard InChI is InChI=1S/C30H31IN2O7/c1-19(28(35)32-17-21-9-14-26(38-2)25(34)16-21)15-24(31)27(22-10-12-23(13-11-22)29(36)39-3)33-30(37)40-18-20-7-5-4-6-8-20/h4-16,19,27,34H,17-18H2,1-3H3,(H,32,35)(H,33,37)/b24-15-/t19-,27?/m1/s1. The Morgan fingerprint density at radius 2 is 1.68 bits per heavy atom. The molecule has 9 nitrogen and oxygen atoms in total. The average molecular weight is 658 g/mol. The molecule has 0 fully saturated rings. The third-order valence-electron chi connectivity index (χ3n) is 5.95. The monoisotopic (exact) mass is 658 g/mol. The average Bonchev–Trinajstić information content (AvgIpc) is 2.97. The molecule has 10 heteroatoms. The number of ether oxygens (including phenoxy) is 3. The second-order valence-electron chi connectivity index (χ2n) is 8.82. The van der Waals surface area contributed by atoms with Crippen LogP contribution in [0.3, 0.4) is 0 Å². The number of rotatable bonds is 11. The van der Waals surface area contributed by atoms with E-state index in [1.54, 1.807) is 49.4 Å². The van der Waals surface area contributed by atoms with Crippen LogP contribution >= 0.6 is 22.6 Å². The number of carbonyl (C=O) groups excluding carboxylic acids is 3. The highest BCUT2D eigenvalue weighted by molar-refractivity contribution is 14.1. The fourth-order valence-electron chi connectivity index (χ4n) is 3.73. The topological polar surface area (TPSA) is 123 Å². The number of methoxy groups -OCH3 is 2. The summed E-state index contributed by atoms with van der Waals surface area (Å²) in [6, 6.07) is 20.2. The van der Waals surface area contributed by atoms with Gasteiger partial charge in [-0.3, -0.25) is 4.79 Å². The zero-order valence-corrected chi connectivity index (χ0v) is 24.5. The predicted octanol–water partition coefficient (Wildman–Crippen LogP) is 5.43. The molecule has 0 aliphatic heterocycles. The number of phenols is 1. The lowest BCUT2D eigenvalue weighted by Gasteiger charge is -2.20. The van der Waals surface area contributed by atoms with E-state index in [1.807, 2.05) is 30.3 Å². The number of alkyl carbamates (subject to hydrolysis) is 1. The van der Waals surface area contributed by atoms with E-state index in [2.05, 4.69) is 33.2 Å². The first-order chi connectivity index (χ1) is 19.2. The molecule has 3 aromatic carbocycles. The smallest absolute Gasteiger partial charge is 0.408 e. The van der Waals surface area contributed by atoms with E-state index in [4.69, 9.17) is 14.2 Å². The van der Waals surface area contributed by atoms with Crippen LogP contribution in [0.15, 0.2) is 82.5 Å². The number of benzene rings is 3. The summed E-state index contributed by atoms with van der Waals surface area (Å²) in [6.45, 7) is 2.05. The van der Waals surface area contributed by atoms with Gasteiger partial charge in [-0.2, -0.15) is 0 Å². The summed E-state index contributed by atoms with van der Waals surface area (Å²) < 4.78 is 15.9. The van der Waals surface area contributed by atoms with Crippen LogP contribution < -0.4 is 15.4 Å². The second kappa shape index (κ2) is 14.9. The van der Waals surface area contributed by atoms with Crippen molar-refractivity contribution < 1.29 is 33.7 Å². The molecule has 0 aliphatic rings. The molecule has 0 radical (unpaired) electrons. The van der Waals surface area contributed by atoms with Crippen LogP contribution in [0.5, 0.6) is 11.5 Å². The van der Waals surface area contributed by atoms with E-state index in [9.17, 15) is 19.5 Å². The first-order valence-electron chi connectivity index (χ1n) is 12.4. The van der Waals surface area contributed by atoms with Gasteiger partial charge in [0, 0.05) is 10.1 Å². The maximum Gasteiger partial charge on any atom is 0.408 e. The van der Waals surface area contributed by atoms with Crippen LogP contribution in [0, 0.1) is 5.92 Å². The molecule has 0 heterocycles. The van der Waals surface area contributed by atoms with Gasteiger partial charge in [-0.25, -0.2) is 9.59 Å². The summed E-state index contributed by atoms with van der Waals surface area (Å²) in [4.78, 5) is 37.4. The number of hydrogen-bond donors (Lipinski definition) is 3. The van der Waals surface area contributed by atoms with Gasteiger partial charge in [0.2, 0.25) is 5.91 Å². The molecule has 0 aliphatic carbocycles. The third kappa shape index (κ3) is 8.73. The van der Waals surface area contributed by atoms with Crippen molar-refractivity contribution in [2.24, 2.45) is 5.92 Å². The summed E-state index contributed by atoms with van der Waals surface area (Å²) >= 11 is 2.08. The number of carbonyl (C=O) groups is 3. The molecular weight excluding hydrogens is 627 g/mol. The van der Waals surface area contributed by atoms with Crippen LogP contribution in [0.2, 0.25) is 0 Å². The highest BCUT2D eigenvalue weighted by atomic mass is 127. The molecule has 0 saturated heterocycles. The van der Waals surface area contributed by atoms with Gasteiger partial charge >= 0.3 is 12.1 Å². The number of hydrogen-bond acceptors (Lipinski definition) is 7. The van der Waals surface area contributed by atoms with Gasteiger partial charge in [0.25, 0.3) is 0 Å². The van der Waals surface area contributed by atoms with Crippen molar-refractivity contribution >= 4 is 40.6 Å². The normalized spacial score (nSPS) is 12.6. The Morgan fingerprint density at radius 3 is 2.30 bits per heavy atom. The number of halogens is 1. The molecule has 0 aromatic heterocycles. The minimum absolute atomic E-state index is 0.0111. The van der Waals surface area contributed by atoms with Gasteiger partial charge in [0.15, 0.2) is 11.5 Å². The molecule has 2 amide bonds. The van der Waals surface area contributed by atoms with E-state index in [1.165, 1.54) is 20.3 Å². The Labute approximate surface area is 246 Å². The Kier molecular flexibility index (Phi) is 11.4. The Morgan fingerprint density at radius 1 is 0.975 bits per heavy atom. The molecule has 210 valence electrons. The number of nitrogens with one attached hydrogen (secondary N) is 2. The zero-order valence-electron chi connectivity index (χ0n) is 22.3. The van der Waals surface area contributed by atoms with E-state index in [0.717, 1.165) is 5.56 Å². The van der Waals surface area contributed by atoms with Gasteiger partial charge in [-0.05, 0) is 63.5 Å². The number of aromatic hydroxyl groups is 1. The number of amides is 2. The molecule has 0 bridgehead atoms. The molecule has 40 heavy (non-hydrogen) atoms. The maximum absolute atomic E-state index is 12.8. The lowest BCUT2D eigenvalue weighted by atomic mass is 10.0. The van der Waals surface area contributed by atoms with Crippen molar-refractivity contribution in [2.45, 2.75) is 26.1 Å². The largest absolute Gasteiger partial charge is 0.504 e. The summed E-state index contributed by atoms with van der Waals surface area (Å²) in [5.74, 6) is -0.919. The molecule has 3 rings (SSSR count). The second-order valence-corrected chi connectivity index (χ2v) is 10.1. The number of esters is 1. The Hall–Kier alpha value is -4.06. The van der Waals surface area contributed by atoms with Gasteiger partial charge in [0.1, 0.15) is 6.61 Å². The highest BCUT2D eigenvalue weighted by Gasteiger charge is 2.22. The summed E-state index contributed by atoms with van der Waals surface area (Å²) in [6.07, 6.45) is 1.11. The molecule has 2 atom stereocenters. The van der Waals surface area contributed by atoms with Crippen LogP contribution in [0.4, 0.5) is 4.79 Å². The summed E-state index contributed by atoms with van der Waals surface area (Å²) in [5, 5.41) is 15.7.